The normalized spacial score (nSPS) is 10.8. The lowest BCUT2D eigenvalue weighted by Crippen LogP contribution is -2.17. The fourth-order valence-electron chi connectivity index (χ4n) is 1.91. The van der Waals surface area contributed by atoms with E-state index in [4.69, 9.17) is 5.73 Å². The molecule has 0 fully saturated rings. The third-order valence-corrected chi connectivity index (χ3v) is 3.60. The highest BCUT2D eigenvalue weighted by Gasteiger charge is 2.04. The van der Waals surface area contributed by atoms with Crippen LogP contribution in [0.5, 0.6) is 0 Å². The second kappa shape index (κ2) is 6.03. The molecule has 18 heavy (non-hydrogen) atoms. The van der Waals surface area contributed by atoms with Crippen LogP contribution in [0.1, 0.15) is 11.1 Å². The molecule has 0 aromatic heterocycles. The van der Waals surface area contributed by atoms with E-state index in [0.29, 0.717) is 0 Å². The van der Waals surface area contributed by atoms with Crippen molar-refractivity contribution in [2.75, 3.05) is 12.8 Å². The number of rotatable bonds is 4. The summed E-state index contributed by atoms with van der Waals surface area (Å²) >= 11 is 3.58. The highest BCUT2D eigenvalue weighted by atomic mass is 79.9. The molecule has 0 atom stereocenters. The first kappa shape index (κ1) is 13.1. The zero-order valence-electron chi connectivity index (χ0n) is 10.4. The van der Waals surface area contributed by atoms with Crippen LogP contribution < -0.4 is 5.73 Å². The minimum absolute atomic E-state index is 0.812. The minimum Gasteiger partial charge on any atom is -0.399 e. The number of nitrogen functional groups attached to an aromatic ring is 1. The maximum atomic E-state index is 5.68. The summed E-state index contributed by atoms with van der Waals surface area (Å²) in [5, 5.41) is 0. The van der Waals surface area contributed by atoms with Crippen molar-refractivity contribution in [1.29, 1.82) is 0 Å². The maximum Gasteiger partial charge on any atom is 0.0314 e. The van der Waals surface area contributed by atoms with Crippen LogP contribution in [0.25, 0.3) is 0 Å². The predicted molar refractivity (Wildman–Crippen MR) is 80.2 cm³/mol. The molecule has 2 rings (SSSR count). The third kappa shape index (κ3) is 3.59. The Morgan fingerprint density at radius 1 is 1.00 bits per heavy atom. The van der Waals surface area contributed by atoms with Gasteiger partial charge in [0.15, 0.2) is 0 Å². The molecular weight excluding hydrogens is 288 g/mol. The van der Waals surface area contributed by atoms with E-state index in [-0.39, 0.29) is 0 Å². The number of benzene rings is 2. The van der Waals surface area contributed by atoms with Gasteiger partial charge in [-0.25, -0.2) is 0 Å². The Labute approximate surface area is 117 Å². The Morgan fingerprint density at radius 3 is 2.33 bits per heavy atom. The number of anilines is 1. The van der Waals surface area contributed by atoms with E-state index in [9.17, 15) is 0 Å². The average Bonchev–Trinajstić information content (AvgIpc) is 2.35. The summed E-state index contributed by atoms with van der Waals surface area (Å²) < 4.78 is 1.16. The van der Waals surface area contributed by atoms with Gasteiger partial charge in [0, 0.05) is 23.2 Å². The molecule has 0 aliphatic carbocycles. The van der Waals surface area contributed by atoms with Crippen molar-refractivity contribution in [2.24, 2.45) is 0 Å². The highest BCUT2D eigenvalue weighted by molar-refractivity contribution is 9.10. The molecule has 0 saturated heterocycles. The fraction of sp³-hybridized carbons (Fsp3) is 0.200. The van der Waals surface area contributed by atoms with E-state index >= 15 is 0 Å². The Morgan fingerprint density at radius 2 is 1.67 bits per heavy atom. The number of nitrogens with zero attached hydrogens (tertiary/aromatic N) is 1. The summed E-state index contributed by atoms with van der Waals surface area (Å²) in [4.78, 5) is 2.28. The summed E-state index contributed by atoms with van der Waals surface area (Å²) in [6, 6.07) is 16.4. The first-order chi connectivity index (χ1) is 8.65. The first-order valence-electron chi connectivity index (χ1n) is 5.91. The molecule has 0 radical (unpaired) electrons. The van der Waals surface area contributed by atoms with Gasteiger partial charge in [-0.3, -0.25) is 4.90 Å². The second-order valence-corrected chi connectivity index (χ2v) is 5.36. The van der Waals surface area contributed by atoms with Crippen LogP contribution in [-0.2, 0) is 13.1 Å². The van der Waals surface area contributed by atoms with Crippen molar-refractivity contribution in [3.63, 3.8) is 0 Å². The average molecular weight is 305 g/mol. The van der Waals surface area contributed by atoms with Crippen LogP contribution in [0, 0.1) is 0 Å². The Kier molecular flexibility index (Phi) is 4.39. The fourth-order valence-corrected chi connectivity index (χ4v) is 2.32. The van der Waals surface area contributed by atoms with Gasteiger partial charge in [0.25, 0.3) is 0 Å². The zero-order chi connectivity index (χ0) is 13.0. The number of hydrogen-bond acceptors (Lipinski definition) is 2. The molecule has 0 spiro atoms. The van der Waals surface area contributed by atoms with Gasteiger partial charge in [0.2, 0.25) is 0 Å². The van der Waals surface area contributed by atoms with E-state index in [2.05, 4.69) is 58.2 Å². The van der Waals surface area contributed by atoms with Crippen molar-refractivity contribution in [2.45, 2.75) is 13.1 Å². The molecule has 0 bridgehead atoms. The summed E-state index contributed by atoms with van der Waals surface area (Å²) in [6.07, 6.45) is 0. The van der Waals surface area contributed by atoms with E-state index in [1.54, 1.807) is 0 Å². The van der Waals surface area contributed by atoms with Crippen LogP contribution >= 0.6 is 15.9 Å². The van der Waals surface area contributed by atoms with E-state index in [1.807, 2.05) is 18.2 Å². The van der Waals surface area contributed by atoms with Gasteiger partial charge < -0.3 is 5.73 Å². The predicted octanol–water partition coefficient (Wildman–Crippen LogP) is 3.66. The molecule has 0 heterocycles. The van der Waals surface area contributed by atoms with Gasteiger partial charge in [0.05, 0.1) is 0 Å². The van der Waals surface area contributed by atoms with Gasteiger partial charge >= 0.3 is 0 Å². The number of nitrogens with two attached hydrogens (primary N) is 1. The zero-order valence-corrected chi connectivity index (χ0v) is 12.0. The van der Waals surface area contributed by atoms with Gasteiger partial charge in [0.1, 0.15) is 0 Å². The highest BCUT2D eigenvalue weighted by Crippen LogP contribution is 2.18. The van der Waals surface area contributed by atoms with Crippen LogP contribution in [-0.4, -0.2) is 11.9 Å². The molecule has 2 N–H and O–H groups in total. The van der Waals surface area contributed by atoms with Crippen molar-refractivity contribution < 1.29 is 0 Å². The van der Waals surface area contributed by atoms with Crippen molar-refractivity contribution >= 4 is 21.6 Å². The van der Waals surface area contributed by atoms with Crippen LogP contribution in [0.4, 0.5) is 5.69 Å². The number of halogens is 1. The maximum absolute atomic E-state index is 5.68. The van der Waals surface area contributed by atoms with Crippen LogP contribution in [0.15, 0.2) is 53.0 Å². The Balaban J connectivity index is 1.99. The van der Waals surface area contributed by atoms with Crippen molar-refractivity contribution in [1.82, 2.24) is 4.90 Å². The smallest absolute Gasteiger partial charge is 0.0314 e. The number of hydrogen-bond donors (Lipinski definition) is 1. The molecule has 0 saturated carbocycles. The summed E-state index contributed by atoms with van der Waals surface area (Å²) in [6.45, 7) is 1.84. The van der Waals surface area contributed by atoms with Gasteiger partial charge in [-0.15, -0.1) is 0 Å². The molecule has 2 aromatic carbocycles. The molecular formula is C15H17BrN2. The third-order valence-electron chi connectivity index (χ3n) is 2.83. The Bertz CT molecular complexity index is 508. The van der Waals surface area contributed by atoms with Crippen molar-refractivity contribution in [3.05, 3.63) is 64.1 Å². The lowest BCUT2D eigenvalue weighted by atomic mass is 10.1. The summed E-state index contributed by atoms with van der Waals surface area (Å²) in [7, 11) is 2.12. The molecule has 0 aliphatic rings. The second-order valence-electron chi connectivity index (χ2n) is 4.51. The quantitative estimate of drug-likeness (QED) is 0.873. The van der Waals surface area contributed by atoms with Gasteiger partial charge in [-0.1, -0.05) is 46.3 Å². The first-order valence-corrected chi connectivity index (χ1v) is 6.71. The van der Waals surface area contributed by atoms with Gasteiger partial charge in [-0.2, -0.15) is 0 Å². The molecule has 2 nitrogen and oxygen atoms in total. The standard InChI is InChI=1S/C15H17BrN2/c1-18(10-12-6-8-14(17)9-7-12)11-13-4-2-3-5-15(13)16/h2-9H,10-11,17H2,1H3. The molecule has 0 aliphatic heterocycles. The largest absolute Gasteiger partial charge is 0.399 e. The lowest BCUT2D eigenvalue weighted by molar-refractivity contribution is 0.318. The molecule has 0 unspecified atom stereocenters. The van der Waals surface area contributed by atoms with Crippen molar-refractivity contribution in [3.8, 4) is 0 Å². The van der Waals surface area contributed by atoms with E-state index < -0.39 is 0 Å². The minimum atomic E-state index is 0.812. The SMILES string of the molecule is CN(Cc1ccc(N)cc1)Cc1ccccc1Br. The van der Waals surface area contributed by atoms with Crippen LogP contribution in [0.2, 0.25) is 0 Å². The topological polar surface area (TPSA) is 29.3 Å². The summed E-state index contributed by atoms with van der Waals surface area (Å²) in [5.41, 5.74) is 9.07. The molecule has 94 valence electrons. The van der Waals surface area contributed by atoms with E-state index in [0.717, 1.165) is 23.2 Å². The van der Waals surface area contributed by atoms with Gasteiger partial charge in [-0.05, 0) is 36.4 Å². The molecule has 3 heteroatoms. The molecule has 0 amide bonds. The Hall–Kier alpha value is -1.32. The molecule has 2 aromatic rings. The van der Waals surface area contributed by atoms with E-state index in [1.165, 1.54) is 11.1 Å². The van der Waals surface area contributed by atoms with Crippen LogP contribution in [0.3, 0.4) is 0 Å². The summed E-state index contributed by atoms with van der Waals surface area (Å²) in [5.74, 6) is 0. The monoisotopic (exact) mass is 304 g/mol. The lowest BCUT2D eigenvalue weighted by Gasteiger charge is -2.17.